The van der Waals surface area contributed by atoms with E-state index in [0.29, 0.717) is 6.42 Å². The molecular formula is C68H121NO3. The van der Waals surface area contributed by atoms with Gasteiger partial charge < -0.3 is 15.5 Å². The summed E-state index contributed by atoms with van der Waals surface area (Å²) in [5.41, 5.74) is 0. The fraction of sp³-hybridized carbons (Fsp3) is 0.750. The summed E-state index contributed by atoms with van der Waals surface area (Å²) in [5, 5.41) is 23.2. The molecule has 0 heterocycles. The molecule has 0 saturated heterocycles. The van der Waals surface area contributed by atoms with Crippen LogP contribution in [0.15, 0.2) is 97.2 Å². The van der Waals surface area contributed by atoms with E-state index in [1.165, 1.54) is 218 Å². The molecule has 0 rings (SSSR count). The molecule has 3 N–H and O–H groups in total. The minimum atomic E-state index is -0.876. The van der Waals surface area contributed by atoms with Gasteiger partial charge in [-0.15, -0.1) is 0 Å². The standard InChI is InChI=1S/C68H121NO3/c1-3-5-7-9-11-13-15-17-19-21-23-25-27-29-31-32-33-34-35-36-38-40-42-44-46-48-50-52-54-56-58-60-62-64-68(72)69-66(65-70)67(71)63-61-59-57-55-53-51-49-47-45-43-41-39-37-30-28-26-24-22-20-18-16-14-12-10-8-6-4-2/h5,7,11,13,17,19,23,25,29,31,45,47,53,55,61,63,66-67,70-71H,3-4,6,8-10,12,14-16,18,20-22,24,26-28,30,32-44,46,48-52,54,56-60,62,64-65H2,1-2H3,(H,69,72)/b7-5-,13-11-,19-17-,25-23-,31-29-,47-45+,55-53+,63-61+. The Morgan fingerprint density at radius 2 is 0.625 bits per heavy atom. The van der Waals surface area contributed by atoms with Gasteiger partial charge in [0.1, 0.15) is 0 Å². The molecule has 0 aliphatic carbocycles. The van der Waals surface area contributed by atoms with E-state index in [1.54, 1.807) is 6.08 Å². The summed E-state index contributed by atoms with van der Waals surface area (Å²) < 4.78 is 0. The molecule has 0 aliphatic heterocycles. The van der Waals surface area contributed by atoms with Crippen molar-refractivity contribution < 1.29 is 15.0 Å². The Labute approximate surface area is 449 Å². The second-order valence-corrected chi connectivity index (χ2v) is 21.1. The summed E-state index contributed by atoms with van der Waals surface area (Å²) in [6.07, 6.45) is 93.1. The van der Waals surface area contributed by atoms with Crippen LogP contribution in [0.2, 0.25) is 0 Å². The normalized spacial score (nSPS) is 13.4. The number of carbonyl (C=O) groups excluding carboxylic acids is 1. The average Bonchev–Trinajstić information content (AvgIpc) is 3.39. The van der Waals surface area contributed by atoms with E-state index in [4.69, 9.17) is 0 Å². The molecule has 0 bridgehead atoms. The lowest BCUT2D eigenvalue weighted by molar-refractivity contribution is -0.123. The summed E-state index contributed by atoms with van der Waals surface area (Å²) in [6.45, 7) is 4.20. The molecule has 0 aromatic rings. The quantitative estimate of drug-likeness (QED) is 0.0420. The Morgan fingerprint density at radius 1 is 0.347 bits per heavy atom. The van der Waals surface area contributed by atoms with E-state index in [-0.39, 0.29) is 12.5 Å². The topological polar surface area (TPSA) is 69.6 Å². The van der Waals surface area contributed by atoms with Crippen molar-refractivity contribution in [2.24, 2.45) is 0 Å². The maximum absolute atomic E-state index is 12.5. The van der Waals surface area contributed by atoms with E-state index in [2.05, 4.69) is 104 Å². The van der Waals surface area contributed by atoms with Crippen LogP contribution in [-0.2, 0) is 4.79 Å². The molecule has 0 fully saturated rings. The third kappa shape index (κ3) is 58.2. The molecular weight excluding hydrogens is 879 g/mol. The number of aliphatic hydroxyl groups is 2. The van der Waals surface area contributed by atoms with Gasteiger partial charge in [0.15, 0.2) is 0 Å². The highest BCUT2D eigenvalue weighted by molar-refractivity contribution is 5.76. The number of aliphatic hydroxyl groups excluding tert-OH is 2. The van der Waals surface area contributed by atoms with Crippen molar-refractivity contribution in [3.8, 4) is 0 Å². The predicted octanol–water partition coefficient (Wildman–Crippen LogP) is 21.3. The van der Waals surface area contributed by atoms with Gasteiger partial charge in [-0.25, -0.2) is 0 Å². The van der Waals surface area contributed by atoms with Crippen LogP contribution in [0.4, 0.5) is 0 Å². The molecule has 0 aromatic carbocycles. The van der Waals surface area contributed by atoms with Crippen LogP contribution < -0.4 is 5.32 Å². The van der Waals surface area contributed by atoms with Crippen LogP contribution >= 0.6 is 0 Å². The van der Waals surface area contributed by atoms with Crippen molar-refractivity contribution in [1.29, 1.82) is 0 Å². The van der Waals surface area contributed by atoms with Crippen LogP contribution in [0.25, 0.3) is 0 Å². The first-order chi connectivity index (χ1) is 35.7. The lowest BCUT2D eigenvalue weighted by Gasteiger charge is -2.19. The molecule has 4 nitrogen and oxygen atoms in total. The van der Waals surface area contributed by atoms with Gasteiger partial charge in [0.2, 0.25) is 5.91 Å². The summed E-state index contributed by atoms with van der Waals surface area (Å²) >= 11 is 0. The molecule has 4 heteroatoms. The molecule has 0 aliphatic rings. The molecule has 0 radical (unpaired) electrons. The van der Waals surface area contributed by atoms with Crippen molar-refractivity contribution in [3.63, 3.8) is 0 Å². The first kappa shape index (κ1) is 69.3. The van der Waals surface area contributed by atoms with Crippen molar-refractivity contribution >= 4 is 5.91 Å². The van der Waals surface area contributed by atoms with Crippen molar-refractivity contribution in [3.05, 3.63) is 97.2 Å². The summed E-state index contributed by atoms with van der Waals surface area (Å²) in [4.78, 5) is 12.5. The minimum Gasteiger partial charge on any atom is -0.394 e. The fourth-order valence-electron chi connectivity index (χ4n) is 9.30. The van der Waals surface area contributed by atoms with Gasteiger partial charge in [-0.3, -0.25) is 4.79 Å². The monoisotopic (exact) mass is 1000 g/mol. The number of hydrogen-bond donors (Lipinski definition) is 3. The maximum Gasteiger partial charge on any atom is 0.220 e. The van der Waals surface area contributed by atoms with E-state index in [9.17, 15) is 15.0 Å². The van der Waals surface area contributed by atoms with Crippen molar-refractivity contribution in [1.82, 2.24) is 5.32 Å². The van der Waals surface area contributed by atoms with Gasteiger partial charge in [-0.1, -0.05) is 310 Å². The molecule has 2 atom stereocenters. The number of carbonyl (C=O) groups is 1. The number of hydrogen-bond acceptors (Lipinski definition) is 3. The SMILES string of the molecule is CC/C=C\C/C=C\C/C=C\C/C=C\C/C=C\CCCCCCCCCCCCCCCCCCCC(=O)NC(CO)C(O)/C=C/CC/C=C/CC/C=C/CCCCCCCCCCCCCCCCCCC. The highest BCUT2D eigenvalue weighted by Crippen LogP contribution is 2.17. The second kappa shape index (κ2) is 62.6. The second-order valence-electron chi connectivity index (χ2n) is 21.1. The van der Waals surface area contributed by atoms with Crippen LogP contribution in [0.1, 0.15) is 309 Å². The maximum atomic E-state index is 12.5. The van der Waals surface area contributed by atoms with E-state index < -0.39 is 12.1 Å². The first-order valence-corrected chi connectivity index (χ1v) is 31.5. The number of unbranched alkanes of at least 4 members (excludes halogenated alkanes) is 36. The molecule has 1 amide bonds. The highest BCUT2D eigenvalue weighted by atomic mass is 16.3. The summed E-state index contributed by atoms with van der Waals surface area (Å²) in [5.74, 6) is -0.0771. The zero-order valence-electron chi connectivity index (χ0n) is 47.9. The molecule has 0 aromatic heterocycles. The fourth-order valence-corrected chi connectivity index (χ4v) is 9.30. The van der Waals surface area contributed by atoms with E-state index >= 15 is 0 Å². The van der Waals surface area contributed by atoms with Crippen LogP contribution in [-0.4, -0.2) is 34.9 Å². The van der Waals surface area contributed by atoms with Crippen molar-refractivity contribution in [2.45, 2.75) is 321 Å². The zero-order chi connectivity index (χ0) is 52.0. The Morgan fingerprint density at radius 3 is 0.972 bits per heavy atom. The Balaban J connectivity index is 3.54. The Kier molecular flexibility index (Phi) is 60.3. The summed E-state index contributed by atoms with van der Waals surface area (Å²) in [7, 11) is 0. The van der Waals surface area contributed by atoms with Gasteiger partial charge in [0, 0.05) is 6.42 Å². The smallest absolute Gasteiger partial charge is 0.220 e. The Hall–Kier alpha value is -2.69. The molecule has 0 spiro atoms. The molecule has 2 unspecified atom stereocenters. The van der Waals surface area contributed by atoms with E-state index in [0.717, 1.165) is 70.6 Å². The summed E-state index contributed by atoms with van der Waals surface area (Å²) in [6, 6.07) is -0.651. The van der Waals surface area contributed by atoms with Gasteiger partial charge in [0.25, 0.3) is 0 Å². The van der Waals surface area contributed by atoms with Crippen LogP contribution in [0, 0.1) is 0 Å². The Bertz CT molecular complexity index is 1320. The van der Waals surface area contributed by atoms with Gasteiger partial charge >= 0.3 is 0 Å². The largest absolute Gasteiger partial charge is 0.394 e. The van der Waals surface area contributed by atoms with Gasteiger partial charge in [-0.2, -0.15) is 0 Å². The van der Waals surface area contributed by atoms with E-state index in [1.807, 2.05) is 6.08 Å². The number of nitrogens with one attached hydrogen (secondary N) is 1. The first-order valence-electron chi connectivity index (χ1n) is 31.5. The van der Waals surface area contributed by atoms with Crippen molar-refractivity contribution in [2.75, 3.05) is 6.61 Å². The third-order valence-corrected chi connectivity index (χ3v) is 14.0. The van der Waals surface area contributed by atoms with Crippen LogP contribution in [0.5, 0.6) is 0 Å². The van der Waals surface area contributed by atoms with Gasteiger partial charge in [0.05, 0.1) is 18.8 Å². The van der Waals surface area contributed by atoms with Crippen LogP contribution in [0.3, 0.4) is 0 Å². The average molecular weight is 1000 g/mol. The highest BCUT2D eigenvalue weighted by Gasteiger charge is 2.18. The molecule has 72 heavy (non-hydrogen) atoms. The lowest BCUT2D eigenvalue weighted by atomic mass is 10.0. The minimum absolute atomic E-state index is 0.0771. The number of allylic oxidation sites excluding steroid dienone is 15. The number of rotatable bonds is 57. The molecule has 416 valence electrons. The lowest BCUT2D eigenvalue weighted by Crippen LogP contribution is -2.45. The number of amides is 1. The predicted molar refractivity (Wildman–Crippen MR) is 322 cm³/mol. The molecule has 0 saturated carbocycles. The van der Waals surface area contributed by atoms with Gasteiger partial charge in [-0.05, 0) is 89.9 Å². The zero-order valence-corrected chi connectivity index (χ0v) is 47.9. The third-order valence-electron chi connectivity index (χ3n) is 14.0.